The summed E-state index contributed by atoms with van der Waals surface area (Å²) in [5.41, 5.74) is 1.75. The molecule has 1 amide bonds. The number of carbonyl (C=O) groups excluding carboxylic acids is 1. The Hall–Kier alpha value is -2.44. The van der Waals surface area contributed by atoms with E-state index < -0.39 is 0 Å². The molecule has 0 saturated heterocycles. The number of aromatic amines is 1. The van der Waals surface area contributed by atoms with Gasteiger partial charge < -0.3 is 10.3 Å². The van der Waals surface area contributed by atoms with Gasteiger partial charge in [-0.15, -0.1) is 0 Å². The maximum atomic E-state index is 11.7. The van der Waals surface area contributed by atoms with E-state index in [1.807, 2.05) is 24.6 Å². The van der Waals surface area contributed by atoms with Gasteiger partial charge in [-0.2, -0.15) is 5.10 Å². The van der Waals surface area contributed by atoms with Crippen LogP contribution in [0.15, 0.2) is 23.3 Å². The van der Waals surface area contributed by atoms with Crippen LogP contribution in [0.4, 0.5) is 0 Å². The molecule has 0 aliphatic rings. The molecular formula is C12H15N5O2. The topological polar surface area (TPSA) is 92.7 Å². The highest BCUT2D eigenvalue weighted by atomic mass is 16.2. The van der Waals surface area contributed by atoms with Gasteiger partial charge in [0.1, 0.15) is 5.69 Å². The van der Waals surface area contributed by atoms with Crippen molar-refractivity contribution in [2.75, 3.05) is 6.54 Å². The summed E-state index contributed by atoms with van der Waals surface area (Å²) in [4.78, 5) is 28.9. The Morgan fingerprint density at radius 2 is 2.21 bits per heavy atom. The zero-order valence-electron chi connectivity index (χ0n) is 10.8. The lowest BCUT2D eigenvalue weighted by molar-refractivity contribution is 0.0946. The number of aromatic nitrogens is 4. The molecule has 0 aromatic carbocycles. The SMILES string of the molecule is Cc1cc(C)n(CCNC(=O)c2cc(=O)[nH]cn2)n1. The van der Waals surface area contributed by atoms with Crippen molar-refractivity contribution in [1.82, 2.24) is 25.1 Å². The van der Waals surface area contributed by atoms with Gasteiger partial charge in [-0.05, 0) is 19.9 Å². The number of nitrogens with zero attached hydrogens (tertiary/aromatic N) is 3. The number of amides is 1. The number of hydrogen-bond acceptors (Lipinski definition) is 4. The summed E-state index contributed by atoms with van der Waals surface area (Å²) in [7, 11) is 0. The van der Waals surface area contributed by atoms with Crippen molar-refractivity contribution in [2.45, 2.75) is 20.4 Å². The molecule has 0 aliphatic heterocycles. The molecule has 0 atom stereocenters. The zero-order valence-corrected chi connectivity index (χ0v) is 10.8. The van der Waals surface area contributed by atoms with Gasteiger partial charge in [-0.3, -0.25) is 14.3 Å². The fourth-order valence-electron chi connectivity index (χ4n) is 1.76. The molecule has 0 radical (unpaired) electrons. The summed E-state index contributed by atoms with van der Waals surface area (Å²) in [6, 6.07) is 3.14. The van der Waals surface area contributed by atoms with Gasteiger partial charge in [-0.25, -0.2) is 4.98 Å². The fraction of sp³-hybridized carbons (Fsp3) is 0.333. The van der Waals surface area contributed by atoms with E-state index in [1.54, 1.807) is 0 Å². The fourth-order valence-corrected chi connectivity index (χ4v) is 1.76. The Kier molecular flexibility index (Phi) is 3.74. The Bertz CT molecular complexity index is 644. The van der Waals surface area contributed by atoms with E-state index in [9.17, 15) is 9.59 Å². The summed E-state index contributed by atoms with van der Waals surface area (Å²) in [6.45, 7) is 4.88. The minimum absolute atomic E-state index is 0.108. The maximum Gasteiger partial charge on any atom is 0.270 e. The smallest absolute Gasteiger partial charge is 0.270 e. The van der Waals surface area contributed by atoms with E-state index in [1.165, 1.54) is 12.4 Å². The lowest BCUT2D eigenvalue weighted by atomic mass is 10.4. The second-order valence-electron chi connectivity index (χ2n) is 4.20. The van der Waals surface area contributed by atoms with E-state index in [2.05, 4.69) is 20.4 Å². The highest BCUT2D eigenvalue weighted by Crippen LogP contribution is 2.00. The second-order valence-corrected chi connectivity index (χ2v) is 4.20. The van der Waals surface area contributed by atoms with Crippen LogP contribution in [-0.4, -0.2) is 32.2 Å². The second kappa shape index (κ2) is 5.47. The van der Waals surface area contributed by atoms with Crippen LogP contribution in [0.5, 0.6) is 0 Å². The lowest BCUT2D eigenvalue weighted by Gasteiger charge is -2.06. The van der Waals surface area contributed by atoms with Crippen LogP contribution >= 0.6 is 0 Å². The molecule has 2 aromatic rings. The lowest BCUT2D eigenvalue weighted by Crippen LogP contribution is -2.29. The van der Waals surface area contributed by atoms with Crippen LogP contribution in [-0.2, 0) is 6.54 Å². The third-order valence-corrected chi connectivity index (χ3v) is 2.62. The number of nitrogens with one attached hydrogen (secondary N) is 2. The normalized spacial score (nSPS) is 10.4. The van der Waals surface area contributed by atoms with Crippen LogP contribution in [0, 0.1) is 13.8 Å². The van der Waals surface area contributed by atoms with E-state index in [4.69, 9.17) is 0 Å². The Labute approximate surface area is 109 Å². The van der Waals surface area contributed by atoms with E-state index in [0.29, 0.717) is 13.1 Å². The van der Waals surface area contributed by atoms with Gasteiger partial charge in [0.15, 0.2) is 0 Å². The minimum atomic E-state index is -0.368. The van der Waals surface area contributed by atoms with E-state index >= 15 is 0 Å². The van der Waals surface area contributed by atoms with Crippen molar-refractivity contribution in [2.24, 2.45) is 0 Å². The summed E-state index contributed by atoms with van der Waals surface area (Å²) in [5.74, 6) is -0.368. The molecule has 19 heavy (non-hydrogen) atoms. The molecule has 0 saturated carbocycles. The molecule has 7 nitrogen and oxygen atoms in total. The van der Waals surface area contributed by atoms with Crippen molar-refractivity contribution in [3.8, 4) is 0 Å². The summed E-state index contributed by atoms with van der Waals surface area (Å²) >= 11 is 0. The Morgan fingerprint density at radius 1 is 1.42 bits per heavy atom. The van der Waals surface area contributed by atoms with Crippen LogP contribution in [0.25, 0.3) is 0 Å². The van der Waals surface area contributed by atoms with Gasteiger partial charge >= 0.3 is 0 Å². The molecular weight excluding hydrogens is 246 g/mol. The quantitative estimate of drug-likeness (QED) is 0.811. The van der Waals surface area contributed by atoms with Crippen LogP contribution in [0.2, 0.25) is 0 Å². The molecule has 2 N–H and O–H groups in total. The molecule has 0 fully saturated rings. The van der Waals surface area contributed by atoms with Gasteiger partial charge in [-0.1, -0.05) is 0 Å². The number of rotatable bonds is 4. The van der Waals surface area contributed by atoms with Crippen molar-refractivity contribution in [3.63, 3.8) is 0 Å². The third-order valence-electron chi connectivity index (χ3n) is 2.62. The highest BCUT2D eigenvalue weighted by Gasteiger charge is 2.07. The van der Waals surface area contributed by atoms with E-state index in [0.717, 1.165) is 11.4 Å². The molecule has 2 heterocycles. The standard InChI is InChI=1S/C12H15N5O2/c1-8-5-9(2)17(16-8)4-3-13-12(19)10-6-11(18)15-7-14-10/h5-7H,3-4H2,1-2H3,(H,13,19)(H,14,15,18). The Balaban J connectivity index is 1.91. The van der Waals surface area contributed by atoms with E-state index in [-0.39, 0.29) is 17.2 Å². The van der Waals surface area contributed by atoms with Crippen molar-refractivity contribution in [1.29, 1.82) is 0 Å². The van der Waals surface area contributed by atoms with Gasteiger partial charge in [0.05, 0.1) is 18.6 Å². The molecule has 0 bridgehead atoms. The van der Waals surface area contributed by atoms with Gasteiger partial charge in [0, 0.05) is 18.3 Å². The van der Waals surface area contributed by atoms with Crippen LogP contribution in [0.3, 0.4) is 0 Å². The third kappa shape index (κ3) is 3.27. The maximum absolute atomic E-state index is 11.7. The predicted octanol–water partition coefficient (Wildman–Crippen LogP) is 0.0132. The van der Waals surface area contributed by atoms with Crippen molar-refractivity contribution >= 4 is 5.91 Å². The summed E-state index contributed by atoms with van der Waals surface area (Å²) in [6.07, 6.45) is 1.21. The first-order chi connectivity index (χ1) is 9.06. The molecule has 0 spiro atoms. The minimum Gasteiger partial charge on any atom is -0.349 e. The largest absolute Gasteiger partial charge is 0.349 e. The Morgan fingerprint density at radius 3 is 2.84 bits per heavy atom. The van der Waals surface area contributed by atoms with Crippen molar-refractivity contribution in [3.05, 3.63) is 45.9 Å². The average Bonchev–Trinajstić information content (AvgIpc) is 2.68. The number of carbonyl (C=O) groups is 1. The van der Waals surface area contributed by atoms with Crippen molar-refractivity contribution < 1.29 is 4.79 Å². The highest BCUT2D eigenvalue weighted by molar-refractivity contribution is 5.91. The molecule has 100 valence electrons. The predicted molar refractivity (Wildman–Crippen MR) is 68.9 cm³/mol. The first-order valence-corrected chi connectivity index (χ1v) is 5.90. The van der Waals surface area contributed by atoms with Crippen LogP contribution < -0.4 is 10.9 Å². The monoisotopic (exact) mass is 261 g/mol. The summed E-state index contributed by atoms with van der Waals surface area (Å²) in [5, 5.41) is 6.98. The molecule has 0 unspecified atom stereocenters. The van der Waals surface area contributed by atoms with Crippen LogP contribution in [0.1, 0.15) is 21.9 Å². The number of aryl methyl sites for hydroxylation is 2. The first-order valence-electron chi connectivity index (χ1n) is 5.90. The molecule has 0 aliphatic carbocycles. The molecule has 7 heteroatoms. The zero-order chi connectivity index (χ0) is 13.8. The number of hydrogen-bond donors (Lipinski definition) is 2. The van der Waals surface area contributed by atoms with Gasteiger partial charge in [0.25, 0.3) is 11.5 Å². The first kappa shape index (κ1) is 13.0. The average molecular weight is 261 g/mol. The van der Waals surface area contributed by atoms with Gasteiger partial charge in [0.2, 0.25) is 0 Å². The molecule has 2 rings (SSSR count). The summed E-state index contributed by atoms with van der Waals surface area (Å²) < 4.78 is 1.82. The molecule has 2 aromatic heterocycles. The number of H-pyrrole nitrogens is 1.